The van der Waals surface area contributed by atoms with E-state index < -0.39 is 9.84 Å². The van der Waals surface area contributed by atoms with Crippen molar-refractivity contribution in [2.75, 3.05) is 26.0 Å². The molecule has 24 heavy (non-hydrogen) atoms. The fraction of sp³-hybridized carbons (Fsp3) is 0.667. The Morgan fingerprint density at radius 3 is 2.75 bits per heavy atom. The zero-order valence-electron chi connectivity index (χ0n) is 14.8. The summed E-state index contributed by atoms with van der Waals surface area (Å²) in [5.41, 5.74) is 3.49. The summed E-state index contributed by atoms with van der Waals surface area (Å²) in [4.78, 5) is 0.406. The van der Waals surface area contributed by atoms with Crippen molar-refractivity contribution in [1.29, 1.82) is 0 Å². The lowest BCUT2D eigenvalue weighted by Gasteiger charge is -2.30. The largest absolute Gasteiger partial charge is 0.383 e. The zero-order valence-corrected chi connectivity index (χ0v) is 15.6. The van der Waals surface area contributed by atoms with Crippen molar-refractivity contribution in [3.8, 4) is 0 Å². The van der Waals surface area contributed by atoms with Gasteiger partial charge in [0.15, 0.2) is 9.84 Å². The van der Waals surface area contributed by atoms with Crippen molar-refractivity contribution in [2.24, 2.45) is 0 Å². The van der Waals surface area contributed by atoms with Gasteiger partial charge in [0.25, 0.3) is 0 Å². The number of hydrogen-bond donors (Lipinski definition) is 1. The molecule has 0 spiro atoms. The quantitative estimate of drug-likeness (QED) is 0.700. The summed E-state index contributed by atoms with van der Waals surface area (Å²) in [6.07, 6.45) is 5.15. The Hall–Kier alpha value is -0.950. The predicted octanol–water partition coefficient (Wildman–Crippen LogP) is 2.63. The molecule has 1 aliphatic rings. The van der Waals surface area contributed by atoms with Crippen LogP contribution in [0.2, 0.25) is 0 Å². The molecule has 0 radical (unpaired) electrons. The maximum Gasteiger partial charge on any atom is 0.179 e. The van der Waals surface area contributed by atoms with Crippen LogP contribution in [0.15, 0.2) is 35.2 Å². The molecule has 136 valence electrons. The van der Waals surface area contributed by atoms with Gasteiger partial charge in [-0.1, -0.05) is 38.0 Å². The first-order chi connectivity index (χ1) is 11.6. The van der Waals surface area contributed by atoms with Crippen LogP contribution in [0.4, 0.5) is 0 Å². The minimum absolute atomic E-state index is 0.0624. The van der Waals surface area contributed by atoms with Gasteiger partial charge in [-0.15, -0.1) is 0 Å². The Morgan fingerprint density at radius 1 is 1.33 bits per heavy atom. The van der Waals surface area contributed by atoms with Crippen LogP contribution in [-0.2, 0) is 14.6 Å². The summed E-state index contributed by atoms with van der Waals surface area (Å²) in [7, 11) is -1.57. The summed E-state index contributed by atoms with van der Waals surface area (Å²) in [6, 6.07) is 9.01. The molecule has 0 saturated carbocycles. The Balaban J connectivity index is 2.05. The number of unbranched alkanes of at least 4 members (excludes halogenated alkanes) is 1. The highest BCUT2D eigenvalue weighted by atomic mass is 32.2. The molecule has 0 aliphatic carbocycles. The van der Waals surface area contributed by atoms with E-state index in [4.69, 9.17) is 4.74 Å². The van der Waals surface area contributed by atoms with Crippen LogP contribution in [0.5, 0.6) is 0 Å². The Bertz CT molecular complexity index is 577. The van der Waals surface area contributed by atoms with Gasteiger partial charge in [0, 0.05) is 25.7 Å². The van der Waals surface area contributed by atoms with Crippen molar-refractivity contribution in [2.45, 2.75) is 56.0 Å². The average Bonchev–Trinajstić information content (AvgIpc) is 3.00. The maximum atomic E-state index is 12.7. The molecule has 0 unspecified atom stereocenters. The van der Waals surface area contributed by atoms with Crippen LogP contribution in [0.25, 0.3) is 0 Å². The number of benzene rings is 1. The molecule has 0 amide bonds. The minimum atomic E-state index is -3.28. The van der Waals surface area contributed by atoms with Crippen LogP contribution < -0.4 is 5.43 Å². The number of ether oxygens (including phenoxy) is 1. The second-order valence-corrected chi connectivity index (χ2v) is 8.54. The SMILES string of the molecule is CCCC[C@H](CS(=O)(=O)c1ccccc1)NN1CCC[C@H]1COC. The fourth-order valence-electron chi connectivity index (χ4n) is 3.23. The van der Waals surface area contributed by atoms with Gasteiger partial charge in [0.1, 0.15) is 0 Å². The van der Waals surface area contributed by atoms with Crippen LogP contribution in [0.3, 0.4) is 0 Å². The number of rotatable bonds is 10. The third-order valence-corrected chi connectivity index (χ3v) is 6.35. The molecule has 0 bridgehead atoms. The summed E-state index contributed by atoms with van der Waals surface area (Å²) in [5, 5.41) is 2.18. The van der Waals surface area contributed by atoms with Gasteiger partial charge in [0.2, 0.25) is 0 Å². The Kier molecular flexibility index (Phi) is 7.68. The van der Waals surface area contributed by atoms with E-state index in [1.807, 2.05) is 6.07 Å². The Labute approximate surface area is 146 Å². The number of nitrogens with one attached hydrogen (secondary N) is 1. The van der Waals surface area contributed by atoms with Crippen LogP contribution in [0.1, 0.15) is 39.0 Å². The predicted molar refractivity (Wildman–Crippen MR) is 96.5 cm³/mol. The van der Waals surface area contributed by atoms with Gasteiger partial charge < -0.3 is 4.74 Å². The fourth-order valence-corrected chi connectivity index (χ4v) is 4.77. The Morgan fingerprint density at radius 2 is 2.08 bits per heavy atom. The van der Waals surface area contributed by atoms with E-state index in [0.29, 0.717) is 17.5 Å². The summed E-state index contributed by atoms with van der Waals surface area (Å²) >= 11 is 0. The van der Waals surface area contributed by atoms with Crippen molar-refractivity contribution in [1.82, 2.24) is 10.4 Å². The average molecular weight is 355 g/mol. The first kappa shape index (κ1) is 19.4. The normalized spacial score (nSPS) is 20.3. The van der Waals surface area contributed by atoms with E-state index in [-0.39, 0.29) is 11.8 Å². The molecule has 1 aliphatic heterocycles. The van der Waals surface area contributed by atoms with Gasteiger partial charge >= 0.3 is 0 Å². The highest BCUT2D eigenvalue weighted by Crippen LogP contribution is 2.18. The molecule has 1 aromatic carbocycles. The monoisotopic (exact) mass is 354 g/mol. The van der Waals surface area contributed by atoms with Gasteiger partial charge in [-0.3, -0.25) is 5.43 Å². The number of sulfone groups is 1. The molecular formula is C18H30N2O3S. The van der Waals surface area contributed by atoms with E-state index in [9.17, 15) is 8.42 Å². The minimum Gasteiger partial charge on any atom is -0.383 e. The third-order valence-electron chi connectivity index (χ3n) is 4.51. The molecular weight excluding hydrogens is 324 g/mol. The number of hydrogen-bond acceptors (Lipinski definition) is 5. The topological polar surface area (TPSA) is 58.6 Å². The molecule has 6 heteroatoms. The van der Waals surface area contributed by atoms with Crippen molar-refractivity contribution in [3.63, 3.8) is 0 Å². The summed E-state index contributed by atoms with van der Waals surface area (Å²) in [5.74, 6) is 0.132. The van der Waals surface area contributed by atoms with E-state index in [2.05, 4.69) is 17.4 Å². The van der Waals surface area contributed by atoms with Gasteiger partial charge in [0.05, 0.1) is 17.3 Å². The molecule has 1 saturated heterocycles. The first-order valence-corrected chi connectivity index (χ1v) is 10.5. The lowest BCUT2D eigenvalue weighted by atomic mass is 10.1. The van der Waals surface area contributed by atoms with Gasteiger partial charge in [-0.25, -0.2) is 13.4 Å². The molecule has 1 N–H and O–H groups in total. The molecule has 5 nitrogen and oxygen atoms in total. The van der Waals surface area contributed by atoms with Gasteiger partial charge in [-0.2, -0.15) is 0 Å². The smallest absolute Gasteiger partial charge is 0.179 e. The highest BCUT2D eigenvalue weighted by Gasteiger charge is 2.28. The molecule has 2 atom stereocenters. The summed E-state index contributed by atoms with van der Waals surface area (Å²) < 4.78 is 30.7. The standard InChI is InChI=1S/C18H30N2O3S/c1-3-4-9-16(19-20-13-8-10-17(20)14-23-2)15-24(21,22)18-11-6-5-7-12-18/h5-7,11-12,16-17,19H,3-4,8-10,13-15H2,1-2H3/t16-,17+/m1/s1. The molecule has 0 aromatic heterocycles. The molecule has 1 aromatic rings. The van der Waals surface area contributed by atoms with Crippen molar-refractivity contribution in [3.05, 3.63) is 30.3 Å². The second kappa shape index (κ2) is 9.51. The van der Waals surface area contributed by atoms with Gasteiger partial charge in [-0.05, 0) is 31.4 Å². The number of hydrazine groups is 1. The second-order valence-electron chi connectivity index (χ2n) is 6.51. The summed E-state index contributed by atoms with van der Waals surface area (Å²) in [6.45, 7) is 3.76. The molecule has 1 heterocycles. The van der Waals surface area contributed by atoms with Crippen LogP contribution in [-0.4, -0.2) is 51.5 Å². The van der Waals surface area contributed by atoms with Crippen LogP contribution in [0, 0.1) is 0 Å². The first-order valence-electron chi connectivity index (χ1n) is 8.86. The lowest BCUT2D eigenvalue weighted by Crippen LogP contribution is -2.50. The van der Waals surface area contributed by atoms with E-state index in [1.165, 1.54) is 0 Å². The zero-order chi connectivity index (χ0) is 17.4. The maximum absolute atomic E-state index is 12.7. The van der Waals surface area contributed by atoms with E-state index in [0.717, 1.165) is 38.6 Å². The third kappa shape index (κ3) is 5.55. The van der Waals surface area contributed by atoms with E-state index in [1.54, 1.807) is 31.4 Å². The van der Waals surface area contributed by atoms with E-state index >= 15 is 0 Å². The molecule has 1 fully saturated rings. The number of nitrogens with zero attached hydrogens (tertiary/aromatic N) is 1. The van der Waals surface area contributed by atoms with Crippen LogP contribution >= 0.6 is 0 Å². The molecule has 2 rings (SSSR count). The van der Waals surface area contributed by atoms with Crippen molar-refractivity contribution >= 4 is 9.84 Å². The van der Waals surface area contributed by atoms with Crippen molar-refractivity contribution < 1.29 is 13.2 Å². The number of methoxy groups -OCH3 is 1. The lowest BCUT2D eigenvalue weighted by molar-refractivity contribution is 0.0721. The highest BCUT2D eigenvalue weighted by molar-refractivity contribution is 7.91.